The zero-order valence-corrected chi connectivity index (χ0v) is 20.3. The van der Waals surface area contributed by atoms with Gasteiger partial charge in [0.25, 0.3) is 11.8 Å². The molecule has 0 bridgehead atoms. The zero-order valence-electron chi connectivity index (χ0n) is 19.5. The maximum Gasteiger partial charge on any atom is 0.265 e. The number of nitrogens with one attached hydrogen (secondary N) is 1. The molecule has 3 aromatic carbocycles. The average molecular weight is 491 g/mol. The predicted octanol–water partition coefficient (Wildman–Crippen LogP) is 5.66. The van der Waals surface area contributed by atoms with E-state index in [1.54, 1.807) is 29.2 Å². The Morgan fingerprint density at radius 3 is 2.60 bits per heavy atom. The van der Waals surface area contributed by atoms with Crippen molar-refractivity contribution in [3.63, 3.8) is 0 Å². The lowest BCUT2D eigenvalue weighted by atomic mass is 10.1. The van der Waals surface area contributed by atoms with Gasteiger partial charge in [0.15, 0.2) is 0 Å². The largest absolute Gasteiger partial charge is 0.382 e. The molecule has 2 amide bonds. The first-order valence-corrected chi connectivity index (χ1v) is 12.4. The van der Waals surface area contributed by atoms with Crippen LogP contribution in [0.2, 0.25) is 0 Å². The van der Waals surface area contributed by atoms with Crippen molar-refractivity contribution >= 4 is 35.3 Å². The van der Waals surface area contributed by atoms with Crippen LogP contribution in [-0.2, 0) is 16.1 Å². The van der Waals surface area contributed by atoms with Crippen LogP contribution in [0.4, 0.5) is 10.1 Å². The van der Waals surface area contributed by atoms with Gasteiger partial charge >= 0.3 is 0 Å². The number of thioether (sulfide) groups is 1. The lowest BCUT2D eigenvalue weighted by Gasteiger charge is -2.31. The summed E-state index contributed by atoms with van der Waals surface area (Å²) >= 11 is 1.39. The number of benzene rings is 3. The highest BCUT2D eigenvalue weighted by atomic mass is 32.2. The van der Waals surface area contributed by atoms with Crippen LogP contribution in [-0.4, -0.2) is 31.6 Å². The van der Waals surface area contributed by atoms with Crippen LogP contribution < -0.4 is 10.2 Å². The Morgan fingerprint density at radius 1 is 1.09 bits per heavy atom. The molecule has 7 heteroatoms. The summed E-state index contributed by atoms with van der Waals surface area (Å²) in [6, 6.07) is 21.2. The summed E-state index contributed by atoms with van der Waals surface area (Å²) in [4.78, 5) is 29.4. The van der Waals surface area contributed by atoms with Crippen molar-refractivity contribution in [2.45, 2.75) is 24.8 Å². The van der Waals surface area contributed by atoms with Crippen molar-refractivity contribution in [1.29, 1.82) is 0 Å². The molecule has 0 fully saturated rings. The number of anilines is 1. The number of hydrogen-bond acceptors (Lipinski definition) is 4. The second-order valence-corrected chi connectivity index (χ2v) is 9.11. The first-order valence-electron chi connectivity index (χ1n) is 11.6. The van der Waals surface area contributed by atoms with Crippen LogP contribution >= 0.6 is 11.8 Å². The number of carbonyl (C=O) groups excluding carboxylic acids is 2. The van der Waals surface area contributed by atoms with E-state index in [9.17, 15) is 14.0 Å². The van der Waals surface area contributed by atoms with Crippen LogP contribution in [0.15, 0.2) is 82.6 Å². The summed E-state index contributed by atoms with van der Waals surface area (Å²) in [5, 5.41) is 2.91. The summed E-state index contributed by atoms with van der Waals surface area (Å²) in [5.41, 5.74) is 2.86. The van der Waals surface area contributed by atoms with E-state index in [0.29, 0.717) is 35.9 Å². The van der Waals surface area contributed by atoms with Gasteiger partial charge in [-0.25, -0.2) is 4.39 Å². The highest BCUT2D eigenvalue weighted by molar-refractivity contribution is 8.04. The van der Waals surface area contributed by atoms with Gasteiger partial charge in [-0.05, 0) is 60.9 Å². The second kappa shape index (κ2) is 11.8. The van der Waals surface area contributed by atoms with Gasteiger partial charge in [-0.15, -0.1) is 0 Å². The van der Waals surface area contributed by atoms with Crippen molar-refractivity contribution < 1.29 is 18.7 Å². The molecule has 0 spiro atoms. The van der Waals surface area contributed by atoms with Crippen LogP contribution in [0.1, 0.15) is 34.8 Å². The minimum absolute atomic E-state index is 0.162. The van der Waals surface area contributed by atoms with Gasteiger partial charge in [-0.1, -0.05) is 54.2 Å². The molecular weight excluding hydrogens is 463 g/mol. The fourth-order valence-corrected chi connectivity index (χ4v) is 4.74. The number of amides is 2. The van der Waals surface area contributed by atoms with E-state index in [1.165, 1.54) is 23.9 Å². The molecule has 0 atom stereocenters. The highest BCUT2D eigenvalue weighted by Crippen LogP contribution is 2.43. The molecule has 3 aromatic rings. The van der Waals surface area contributed by atoms with Crippen LogP contribution in [0.3, 0.4) is 0 Å². The van der Waals surface area contributed by atoms with Gasteiger partial charge in [0.2, 0.25) is 0 Å². The summed E-state index contributed by atoms with van der Waals surface area (Å²) in [6.45, 7) is 3.94. The lowest BCUT2D eigenvalue weighted by Crippen LogP contribution is -2.34. The average Bonchev–Trinajstić information content (AvgIpc) is 2.88. The van der Waals surface area contributed by atoms with E-state index in [-0.39, 0.29) is 24.2 Å². The molecule has 0 aliphatic carbocycles. The molecular formula is C28H27FN2O3S. The molecule has 1 heterocycles. The van der Waals surface area contributed by atoms with Crippen LogP contribution in [0.25, 0.3) is 6.08 Å². The fourth-order valence-electron chi connectivity index (χ4n) is 3.70. The fraction of sp³-hybridized carbons (Fsp3) is 0.214. The number of ether oxygens (including phenoxy) is 1. The predicted molar refractivity (Wildman–Crippen MR) is 138 cm³/mol. The Bertz CT molecular complexity index is 1210. The molecule has 1 aliphatic heterocycles. The van der Waals surface area contributed by atoms with Crippen LogP contribution in [0.5, 0.6) is 0 Å². The minimum Gasteiger partial charge on any atom is -0.382 e. The molecule has 180 valence electrons. The lowest BCUT2D eigenvalue weighted by molar-refractivity contribution is -0.114. The SMILES string of the molecule is CCOCCCNC(=O)c1ccc2c(c1)N(Cc1ccc(F)cc1)C(=O)C(=Cc1ccccc1)S2. The van der Waals surface area contributed by atoms with Gasteiger partial charge < -0.3 is 15.0 Å². The molecule has 5 nitrogen and oxygen atoms in total. The number of nitrogens with zero attached hydrogens (tertiary/aromatic N) is 1. The van der Waals surface area contributed by atoms with E-state index < -0.39 is 0 Å². The van der Waals surface area contributed by atoms with Crippen molar-refractivity contribution in [2.24, 2.45) is 0 Å². The smallest absolute Gasteiger partial charge is 0.265 e. The summed E-state index contributed by atoms with van der Waals surface area (Å²) in [7, 11) is 0. The first kappa shape index (κ1) is 24.7. The van der Waals surface area contributed by atoms with E-state index in [2.05, 4.69) is 5.32 Å². The third kappa shape index (κ3) is 6.38. The monoisotopic (exact) mass is 490 g/mol. The number of fused-ring (bicyclic) bond motifs is 1. The molecule has 0 aromatic heterocycles. The summed E-state index contributed by atoms with van der Waals surface area (Å²) < 4.78 is 18.8. The number of halogens is 1. The van der Waals surface area contributed by atoms with Crippen molar-refractivity contribution in [1.82, 2.24) is 5.32 Å². The molecule has 0 unspecified atom stereocenters. The Labute approximate surface area is 209 Å². The van der Waals surface area contributed by atoms with E-state index >= 15 is 0 Å². The molecule has 4 rings (SSSR count). The van der Waals surface area contributed by atoms with E-state index in [0.717, 1.165) is 22.4 Å². The number of carbonyl (C=O) groups is 2. The highest BCUT2D eigenvalue weighted by Gasteiger charge is 2.30. The van der Waals surface area contributed by atoms with Crippen LogP contribution in [0, 0.1) is 5.82 Å². The maximum absolute atomic E-state index is 13.6. The van der Waals surface area contributed by atoms with E-state index in [1.807, 2.05) is 49.4 Å². The molecule has 0 saturated heterocycles. The Hall–Kier alpha value is -3.42. The molecule has 35 heavy (non-hydrogen) atoms. The topological polar surface area (TPSA) is 58.6 Å². The normalized spacial score (nSPS) is 14.2. The molecule has 1 N–H and O–H groups in total. The maximum atomic E-state index is 13.6. The molecule has 0 saturated carbocycles. The van der Waals surface area contributed by atoms with Crippen molar-refractivity contribution in [3.8, 4) is 0 Å². The molecule has 1 aliphatic rings. The summed E-state index contributed by atoms with van der Waals surface area (Å²) in [6.07, 6.45) is 2.59. The third-order valence-corrected chi connectivity index (χ3v) is 6.57. The summed E-state index contributed by atoms with van der Waals surface area (Å²) in [5.74, 6) is -0.693. The van der Waals surface area contributed by atoms with Gasteiger partial charge in [0.05, 0.1) is 17.1 Å². The second-order valence-electron chi connectivity index (χ2n) is 8.03. The standard InChI is InChI=1S/C28H27FN2O3S/c1-2-34-16-6-15-30-27(32)22-11-14-25-24(18-22)31(19-21-9-12-23(29)13-10-21)28(33)26(35-25)17-20-7-4-3-5-8-20/h3-5,7-14,17-18H,2,6,15-16,19H2,1H3,(H,30,32). The zero-order chi connectivity index (χ0) is 24.6. The quantitative estimate of drug-likeness (QED) is 0.311. The van der Waals surface area contributed by atoms with E-state index in [4.69, 9.17) is 4.74 Å². The van der Waals surface area contributed by atoms with Gasteiger partial charge in [-0.2, -0.15) is 0 Å². The van der Waals surface area contributed by atoms with Gasteiger partial charge in [0, 0.05) is 30.2 Å². The Kier molecular flexibility index (Phi) is 8.34. The van der Waals surface area contributed by atoms with Crippen molar-refractivity contribution in [2.75, 3.05) is 24.7 Å². The number of rotatable bonds is 9. The Balaban J connectivity index is 1.62. The minimum atomic E-state index is -0.331. The van der Waals surface area contributed by atoms with Gasteiger partial charge in [0.1, 0.15) is 5.82 Å². The van der Waals surface area contributed by atoms with Gasteiger partial charge in [-0.3, -0.25) is 9.59 Å². The first-order chi connectivity index (χ1) is 17.0. The Morgan fingerprint density at radius 2 is 1.86 bits per heavy atom. The molecule has 0 radical (unpaired) electrons. The number of hydrogen-bond donors (Lipinski definition) is 1. The third-order valence-electron chi connectivity index (χ3n) is 5.49. The van der Waals surface area contributed by atoms with Crippen molar-refractivity contribution in [3.05, 3.63) is 100 Å².